The maximum absolute atomic E-state index is 12.1. The largest absolute Gasteiger partial charge is 0.494 e. The SMILES string of the molecule is C[N+](C)(CCOC(=O)CCCCCCCCCCOc1ccccc1)CCOC(=O)CCCCCCCCCCOc1ccccc1. The second-order valence-electron chi connectivity index (χ2n) is 13.3. The molecule has 47 heavy (non-hydrogen) atoms. The molecule has 0 radical (unpaired) electrons. The molecule has 0 aliphatic carbocycles. The van der Waals surface area contributed by atoms with Crippen molar-refractivity contribution in [3.8, 4) is 11.5 Å². The number of hydrogen-bond acceptors (Lipinski definition) is 6. The molecule has 0 bridgehead atoms. The van der Waals surface area contributed by atoms with Crippen molar-refractivity contribution in [3.05, 3.63) is 60.7 Å². The second kappa shape index (κ2) is 26.9. The molecule has 0 saturated heterocycles. The van der Waals surface area contributed by atoms with E-state index < -0.39 is 0 Å². The normalized spacial score (nSPS) is 11.3. The van der Waals surface area contributed by atoms with Gasteiger partial charge in [-0.3, -0.25) is 9.59 Å². The quantitative estimate of drug-likeness (QED) is 0.0475. The van der Waals surface area contributed by atoms with Crippen LogP contribution in [0.1, 0.15) is 116 Å². The smallest absolute Gasteiger partial charge is 0.305 e. The molecule has 0 aromatic heterocycles. The molecule has 0 heterocycles. The van der Waals surface area contributed by atoms with Crippen molar-refractivity contribution in [2.24, 2.45) is 0 Å². The van der Waals surface area contributed by atoms with Gasteiger partial charge in [-0.15, -0.1) is 0 Å². The van der Waals surface area contributed by atoms with Crippen LogP contribution in [0, 0.1) is 0 Å². The minimum absolute atomic E-state index is 0.108. The summed E-state index contributed by atoms with van der Waals surface area (Å²) < 4.78 is 23.1. The van der Waals surface area contributed by atoms with Crippen LogP contribution in [0.25, 0.3) is 0 Å². The van der Waals surface area contributed by atoms with Gasteiger partial charge in [-0.2, -0.15) is 0 Å². The van der Waals surface area contributed by atoms with Crippen LogP contribution in [0.2, 0.25) is 0 Å². The van der Waals surface area contributed by atoms with E-state index in [1.165, 1.54) is 64.2 Å². The Morgan fingerprint density at radius 1 is 0.447 bits per heavy atom. The van der Waals surface area contributed by atoms with Gasteiger partial charge < -0.3 is 23.4 Å². The number of quaternary nitrogens is 1. The Labute approximate surface area is 285 Å². The van der Waals surface area contributed by atoms with Crippen LogP contribution in [0.15, 0.2) is 60.7 Å². The van der Waals surface area contributed by atoms with E-state index >= 15 is 0 Å². The van der Waals surface area contributed by atoms with Gasteiger partial charge in [-0.25, -0.2) is 0 Å². The molecule has 0 spiro atoms. The highest BCUT2D eigenvalue weighted by molar-refractivity contribution is 5.69. The van der Waals surface area contributed by atoms with E-state index in [4.69, 9.17) is 18.9 Å². The van der Waals surface area contributed by atoms with Crippen molar-refractivity contribution in [1.29, 1.82) is 0 Å². The third-order valence-corrected chi connectivity index (χ3v) is 8.49. The molecule has 2 rings (SSSR count). The predicted octanol–water partition coefficient (Wildman–Crippen LogP) is 9.33. The molecule has 0 N–H and O–H groups in total. The summed E-state index contributed by atoms with van der Waals surface area (Å²) in [5.74, 6) is 1.68. The summed E-state index contributed by atoms with van der Waals surface area (Å²) >= 11 is 0. The van der Waals surface area contributed by atoms with Crippen LogP contribution in [0.5, 0.6) is 11.5 Å². The second-order valence-corrected chi connectivity index (χ2v) is 13.3. The summed E-state index contributed by atoms with van der Waals surface area (Å²) in [5.41, 5.74) is 0. The van der Waals surface area contributed by atoms with E-state index in [0.29, 0.717) is 43.6 Å². The fraction of sp³-hybridized carbons (Fsp3) is 0.650. The third-order valence-electron chi connectivity index (χ3n) is 8.49. The highest BCUT2D eigenvalue weighted by Crippen LogP contribution is 2.14. The lowest BCUT2D eigenvalue weighted by molar-refractivity contribution is -0.890. The zero-order valence-corrected chi connectivity index (χ0v) is 29.6. The van der Waals surface area contributed by atoms with Crippen LogP contribution in [-0.2, 0) is 19.1 Å². The minimum Gasteiger partial charge on any atom is -0.494 e. The third kappa shape index (κ3) is 23.8. The molecule has 2 aromatic rings. The van der Waals surface area contributed by atoms with Gasteiger partial charge in [0.2, 0.25) is 0 Å². The number of rotatable bonds is 30. The minimum atomic E-state index is -0.108. The van der Waals surface area contributed by atoms with Gasteiger partial charge in [-0.05, 0) is 49.9 Å². The zero-order chi connectivity index (χ0) is 33.7. The number of para-hydroxylation sites is 2. The Balaban J connectivity index is 1.30. The average molecular weight is 655 g/mol. The predicted molar refractivity (Wildman–Crippen MR) is 191 cm³/mol. The fourth-order valence-electron chi connectivity index (χ4n) is 5.35. The van der Waals surface area contributed by atoms with Crippen molar-refractivity contribution < 1.29 is 33.0 Å². The Hall–Kier alpha value is -3.06. The van der Waals surface area contributed by atoms with E-state index in [1.54, 1.807) is 0 Å². The van der Waals surface area contributed by atoms with Gasteiger partial charge in [0.25, 0.3) is 0 Å². The Kier molecular flexibility index (Phi) is 23.0. The first-order chi connectivity index (χ1) is 22.9. The summed E-state index contributed by atoms with van der Waals surface area (Å²) in [6, 6.07) is 20.0. The first-order valence-electron chi connectivity index (χ1n) is 18.4. The summed E-state index contributed by atoms with van der Waals surface area (Å²) in [4.78, 5) is 24.3. The number of nitrogens with zero attached hydrogens (tertiary/aromatic N) is 1. The molecular weight excluding hydrogens is 590 g/mol. The van der Waals surface area contributed by atoms with E-state index in [1.807, 2.05) is 60.7 Å². The average Bonchev–Trinajstić information content (AvgIpc) is 3.07. The first kappa shape index (κ1) is 40.1. The van der Waals surface area contributed by atoms with Gasteiger partial charge in [-0.1, -0.05) is 113 Å². The number of hydrogen-bond donors (Lipinski definition) is 0. The van der Waals surface area contributed by atoms with E-state index in [2.05, 4.69) is 14.1 Å². The highest BCUT2D eigenvalue weighted by atomic mass is 16.5. The van der Waals surface area contributed by atoms with Crippen LogP contribution in [0.4, 0.5) is 0 Å². The monoisotopic (exact) mass is 654 g/mol. The fourth-order valence-corrected chi connectivity index (χ4v) is 5.35. The highest BCUT2D eigenvalue weighted by Gasteiger charge is 2.17. The van der Waals surface area contributed by atoms with Gasteiger partial charge >= 0.3 is 11.9 Å². The summed E-state index contributed by atoms with van der Waals surface area (Å²) in [7, 11) is 4.16. The number of esters is 2. The lowest BCUT2D eigenvalue weighted by Crippen LogP contribution is -2.45. The molecule has 0 unspecified atom stereocenters. The standard InChI is InChI=1S/C40H64NO6/c1-41(2,31-35-46-39(42)29-21-11-7-3-5-9-13-23-33-44-37-25-17-15-18-26-37)32-36-47-40(43)30-22-12-8-4-6-10-14-24-34-45-38-27-19-16-20-28-38/h15-20,25-28H,3-14,21-24,29-36H2,1-2H3/q+1. The first-order valence-corrected chi connectivity index (χ1v) is 18.4. The molecule has 2 aromatic carbocycles. The molecule has 0 amide bonds. The van der Waals surface area contributed by atoms with E-state index in [0.717, 1.165) is 63.2 Å². The maximum Gasteiger partial charge on any atom is 0.305 e. The number of carbonyl (C=O) groups excluding carboxylic acids is 2. The zero-order valence-electron chi connectivity index (χ0n) is 29.6. The number of unbranched alkanes of at least 4 members (excludes halogenated alkanes) is 14. The molecular formula is C40H64NO6+. The summed E-state index contributed by atoms with van der Waals surface area (Å²) in [5, 5.41) is 0. The van der Waals surface area contributed by atoms with E-state index in [-0.39, 0.29) is 11.9 Å². The Morgan fingerprint density at radius 2 is 0.766 bits per heavy atom. The number of carbonyl (C=O) groups is 2. The number of likely N-dealkylation sites (N-methyl/N-ethyl adjacent to an activating group) is 1. The van der Waals surface area contributed by atoms with Crippen molar-refractivity contribution in [3.63, 3.8) is 0 Å². The molecule has 264 valence electrons. The summed E-state index contributed by atoms with van der Waals surface area (Å²) in [6.07, 6.45) is 19.2. The summed E-state index contributed by atoms with van der Waals surface area (Å²) in [6.45, 7) is 3.78. The van der Waals surface area contributed by atoms with E-state index in [9.17, 15) is 9.59 Å². The van der Waals surface area contributed by atoms with Gasteiger partial charge in [0, 0.05) is 12.8 Å². The molecule has 0 atom stereocenters. The van der Waals surface area contributed by atoms with Crippen LogP contribution >= 0.6 is 0 Å². The van der Waals surface area contributed by atoms with Crippen LogP contribution in [0.3, 0.4) is 0 Å². The molecule has 0 aliphatic heterocycles. The van der Waals surface area contributed by atoms with Gasteiger partial charge in [0.15, 0.2) is 0 Å². The number of benzene rings is 2. The lowest BCUT2D eigenvalue weighted by Gasteiger charge is -2.29. The Bertz CT molecular complexity index is 948. The van der Waals surface area contributed by atoms with Crippen LogP contribution in [-0.4, -0.2) is 70.0 Å². The maximum atomic E-state index is 12.1. The van der Waals surface area contributed by atoms with Gasteiger partial charge in [0.05, 0.1) is 27.3 Å². The number of ether oxygens (including phenoxy) is 4. The van der Waals surface area contributed by atoms with Crippen LogP contribution < -0.4 is 9.47 Å². The lowest BCUT2D eigenvalue weighted by atomic mass is 10.1. The molecule has 7 nitrogen and oxygen atoms in total. The van der Waals surface area contributed by atoms with Crippen molar-refractivity contribution in [2.75, 3.05) is 53.6 Å². The van der Waals surface area contributed by atoms with Gasteiger partial charge in [0.1, 0.15) is 37.8 Å². The van der Waals surface area contributed by atoms with Crippen molar-refractivity contribution in [1.82, 2.24) is 0 Å². The molecule has 0 aliphatic rings. The molecule has 0 saturated carbocycles. The molecule has 7 heteroatoms. The van der Waals surface area contributed by atoms with Crippen molar-refractivity contribution >= 4 is 11.9 Å². The Morgan fingerprint density at radius 3 is 1.13 bits per heavy atom. The van der Waals surface area contributed by atoms with Crippen molar-refractivity contribution in [2.45, 2.75) is 116 Å². The molecule has 0 fully saturated rings. The topological polar surface area (TPSA) is 71.1 Å².